The zero-order valence-electron chi connectivity index (χ0n) is 13.8. The maximum Gasteiger partial charge on any atom is 0.177 e. The van der Waals surface area contributed by atoms with Crippen LogP contribution in [0.2, 0.25) is 0 Å². The highest BCUT2D eigenvalue weighted by Gasteiger charge is 2.12. The van der Waals surface area contributed by atoms with Gasteiger partial charge in [-0.2, -0.15) is 5.10 Å². The van der Waals surface area contributed by atoms with Crippen LogP contribution in [0.25, 0.3) is 22.6 Å². The van der Waals surface area contributed by atoms with Gasteiger partial charge in [0.1, 0.15) is 17.2 Å². The van der Waals surface area contributed by atoms with Crippen molar-refractivity contribution in [2.24, 2.45) is 0 Å². The lowest BCUT2D eigenvalue weighted by molar-refractivity contribution is 0.602. The van der Waals surface area contributed by atoms with Crippen LogP contribution in [0.4, 0.5) is 4.39 Å². The zero-order chi connectivity index (χ0) is 18.3. The van der Waals surface area contributed by atoms with Crippen LogP contribution in [0.3, 0.4) is 0 Å². The molecule has 26 heavy (non-hydrogen) atoms. The second-order valence-corrected chi connectivity index (χ2v) is 8.07. The Morgan fingerprint density at radius 1 is 1.15 bits per heavy atom. The number of nitrogens with zero attached hydrogens (tertiary/aromatic N) is 3. The highest BCUT2D eigenvalue weighted by Crippen LogP contribution is 2.22. The maximum atomic E-state index is 13.4. The molecule has 0 saturated heterocycles. The fraction of sp³-hybridized carbons (Fsp3) is 0.111. The Morgan fingerprint density at radius 2 is 1.92 bits per heavy atom. The summed E-state index contributed by atoms with van der Waals surface area (Å²) < 4.78 is 38.2. The highest BCUT2D eigenvalue weighted by atomic mass is 32.2. The molecule has 0 bridgehead atoms. The van der Waals surface area contributed by atoms with Crippen molar-refractivity contribution < 1.29 is 12.8 Å². The van der Waals surface area contributed by atoms with Crippen LogP contribution in [0, 0.1) is 5.82 Å². The van der Waals surface area contributed by atoms with Crippen LogP contribution >= 0.6 is 0 Å². The molecule has 1 N–H and O–H groups in total. The summed E-state index contributed by atoms with van der Waals surface area (Å²) in [5.41, 5.74) is 2.96. The number of rotatable bonds is 4. The van der Waals surface area contributed by atoms with Crippen LogP contribution in [0.1, 0.15) is 5.56 Å². The topological polar surface area (TPSA) is 80.6 Å². The number of benzene rings is 2. The van der Waals surface area contributed by atoms with Gasteiger partial charge in [-0.25, -0.2) is 22.5 Å². The molecule has 8 heteroatoms. The highest BCUT2D eigenvalue weighted by molar-refractivity contribution is 7.90. The first-order valence-corrected chi connectivity index (χ1v) is 9.76. The minimum Gasteiger partial charge on any atom is -0.335 e. The lowest BCUT2D eigenvalue weighted by Gasteiger charge is -2.02. The van der Waals surface area contributed by atoms with Crippen molar-refractivity contribution in [2.75, 3.05) is 6.26 Å². The predicted molar refractivity (Wildman–Crippen MR) is 95.9 cm³/mol. The monoisotopic (exact) mass is 370 g/mol. The maximum absolute atomic E-state index is 13.4. The van der Waals surface area contributed by atoms with Gasteiger partial charge >= 0.3 is 0 Å². The Labute approximate surface area is 149 Å². The van der Waals surface area contributed by atoms with Crippen molar-refractivity contribution in [3.8, 4) is 11.4 Å². The first-order chi connectivity index (χ1) is 12.4. The van der Waals surface area contributed by atoms with Crippen LogP contribution in [-0.4, -0.2) is 34.4 Å². The summed E-state index contributed by atoms with van der Waals surface area (Å²) in [7, 11) is -3.24. The van der Waals surface area contributed by atoms with E-state index in [4.69, 9.17) is 0 Å². The summed E-state index contributed by atoms with van der Waals surface area (Å²) in [5.74, 6) is 0.324. The van der Waals surface area contributed by atoms with Gasteiger partial charge < -0.3 is 4.98 Å². The van der Waals surface area contributed by atoms with E-state index in [0.29, 0.717) is 18.0 Å². The van der Waals surface area contributed by atoms with Crippen molar-refractivity contribution in [1.29, 1.82) is 0 Å². The molecule has 0 atom stereocenters. The van der Waals surface area contributed by atoms with Gasteiger partial charge in [-0.15, -0.1) is 0 Å². The molecule has 2 aromatic heterocycles. The smallest absolute Gasteiger partial charge is 0.177 e. The molecule has 4 rings (SSSR count). The number of H-pyrrole nitrogens is 1. The van der Waals surface area contributed by atoms with Crippen LogP contribution in [0.15, 0.2) is 59.6 Å². The molecule has 0 aliphatic carbocycles. The van der Waals surface area contributed by atoms with E-state index in [-0.39, 0.29) is 10.7 Å². The first-order valence-electron chi connectivity index (χ1n) is 7.86. The van der Waals surface area contributed by atoms with Crippen LogP contribution < -0.4 is 0 Å². The number of aromatic amines is 1. The SMILES string of the molecule is CS(=O)(=O)c1ccc(-c2nc3c(cnn3Cc3cccc(F)c3)[nH]2)cc1. The summed E-state index contributed by atoms with van der Waals surface area (Å²) >= 11 is 0. The number of sulfone groups is 1. The Balaban J connectivity index is 1.67. The van der Waals surface area contributed by atoms with Crippen LogP contribution in [-0.2, 0) is 16.4 Å². The fourth-order valence-corrected chi connectivity index (χ4v) is 3.40. The summed E-state index contributed by atoms with van der Waals surface area (Å²) in [6.45, 7) is 0.401. The minimum absolute atomic E-state index is 0.259. The van der Waals surface area contributed by atoms with E-state index in [9.17, 15) is 12.8 Å². The van der Waals surface area contributed by atoms with E-state index in [1.54, 1.807) is 41.2 Å². The molecule has 4 aromatic rings. The molecule has 0 aliphatic rings. The predicted octanol–water partition coefficient (Wildman–Crippen LogP) is 3.02. The number of aromatic nitrogens is 4. The molecule has 132 valence electrons. The number of hydrogen-bond acceptors (Lipinski definition) is 4. The molecular weight excluding hydrogens is 355 g/mol. The molecule has 0 unspecified atom stereocenters. The normalized spacial score (nSPS) is 11.9. The van der Waals surface area contributed by atoms with E-state index in [1.807, 2.05) is 6.07 Å². The largest absolute Gasteiger partial charge is 0.335 e. The summed E-state index contributed by atoms with van der Waals surface area (Å²) in [4.78, 5) is 7.98. The second-order valence-electron chi connectivity index (χ2n) is 6.05. The van der Waals surface area contributed by atoms with Crippen molar-refractivity contribution in [2.45, 2.75) is 11.4 Å². The third-order valence-electron chi connectivity index (χ3n) is 4.06. The number of halogens is 1. The fourth-order valence-electron chi connectivity index (χ4n) is 2.77. The number of hydrogen-bond donors (Lipinski definition) is 1. The van der Waals surface area contributed by atoms with Gasteiger partial charge in [0.15, 0.2) is 15.5 Å². The second kappa shape index (κ2) is 6.06. The van der Waals surface area contributed by atoms with E-state index in [1.165, 1.54) is 18.4 Å². The van der Waals surface area contributed by atoms with Crippen molar-refractivity contribution in [3.63, 3.8) is 0 Å². The zero-order valence-corrected chi connectivity index (χ0v) is 14.7. The van der Waals surface area contributed by atoms with Crippen molar-refractivity contribution >= 4 is 21.0 Å². The number of imidazole rings is 1. The molecule has 2 heterocycles. The van der Waals surface area contributed by atoms with Gasteiger partial charge in [0.2, 0.25) is 0 Å². The Bertz CT molecular complexity index is 1190. The lowest BCUT2D eigenvalue weighted by atomic mass is 10.2. The van der Waals surface area contributed by atoms with Gasteiger partial charge in [-0.3, -0.25) is 0 Å². The van der Waals surface area contributed by atoms with E-state index < -0.39 is 9.84 Å². The third kappa shape index (κ3) is 3.11. The number of nitrogens with one attached hydrogen (secondary N) is 1. The summed E-state index contributed by atoms with van der Waals surface area (Å²) in [5, 5.41) is 4.28. The quantitative estimate of drug-likeness (QED) is 0.599. The van der Waals surface area contributed by atoms with E-state index in [0.717, 1.165) is 16.6 Å². The molecule has 0 saturated carbocycles. The molecule has 0 spiro atoms. The lowest BCUT2D eigenvalue weighted by Crippen LogP contribution is -2.02. The Morgan fingerprint density at radius 3 is 2.62 bits per heavy atom. The molecular formula is C18H15FN4O2S. The van der Waals surface area contributed by atoms with Gasteiger partial charge in [0.25, 0.3) is 0 Å². The average Bonchev–Trinajstić information content (AvgIpc) is 3.16. The van der Waals surface area contributed by atoms with Crippen LogP contribution in [0.5, 0.6) is 0 Å². The first kappa shape index (κ1) is 16.5. The Hall–Kier alpha value is -3.00. The summed E-state index contributed by atoms with van der Waals surface area (Å²) in [6.07, 6.45) is 2.83. The van der Waals surface area contributed by atoms with Gasteiger partial charge in [-0.1, -0.05) is 12.1 Å². The van der Waals surface area contributed by atoms with Crippen molar-refractivity contribution in [1.82, 2.24) is 19.7 Å². The van der Waals surface area contributed by atoms with Gasteiger partial charge in [0.05, 0.1) is 17.6 Å². The standard InChI is InChI=1S/C18H15FN4O2S/c1-26(24,25)15-7-5-13(6-8-15)17-21-16-10-20-23(18(16)22-17)11-12-3-2-4-14(19)9-12/h2-10H,11H2,1H3,(H,21,22). The Kier molecular flexibility index (Phi) is 3.84. The molecule has 6 nitrogen and oxygen atoms in total. The molecule has 0 aliphatic heterocycles. The third-order valence-corrected chi connectivity index (χ3v) is 5.19. The number of fused-ring (bicyclic) bond motifs is 1. The van der Waals surface area contributed by atoms with E-state index >= 15 is 0 Å². The summed E-state index contributed by atoms with van der Waals surface area (Å²) in [6, 6.07) is 12.9. The van der Waals surface area contributed by atoms with E-state index in [2.05, 4.69) is 15.1 Å². The molecule has 0 radical (unpaired) electrons. The molecule has 0 amide bonds. The average molecular weight is 370 g/mol. The van der Waals surface area contributed by atoms with Gasteiger partial charge in [-0.05, 0) is 42.0 Å². The van der Waals surface area contributed by atoms with Gasteiger partial charge in [0, 0.05) is 11.8 Å². The molecule has 0 fully saturated rings. The molecule has 2 aromatic carbocycles. The van der Waals surface area contributed by atoms with Crippen molar-refractivity contribution in [3.05, 3.63) is 66.1 Å². The minimum atomic E-state index is -3.24.